The Morgan fingerprint density at radius 1 is 1.13 bits per heavy atom. The Morgan fingerprint density at radius 2 is 1.90 bits per heavy atom. The van der Waals surface area contributed by atoms with Crippen LogP contribution in [-0.2, 0) is 14.8 Å². The Kier molecular flexibility index (Phi) is 5.70. The van der Waals surface area contributed by atoms with Crippen LogP contribution in [0.4, 0.5) is 0 Å². The summed E-state index contributed by atoms with van der Waals surface area (Å²) in [4.78, 5) is 38.9. The van der Waals surface area contributed by atoms with Crippen molar-refractivity contribution in [3.63, 3.8) is 0 Å². The number of amides is 1. The summed E-state index contributed by atoms with van der Waals surface area (Å²) < 4.78 is 24.9. The zero-order valence-electron chi connectivity index (χ0n) is 16.8. The molecule has 160 valence electrons. The largest absolute Gasteiger partial charge is 0.332 e. The van der Waals surface area contributed by atoms with Gasteiger partial charge in [0, 0.05) is 37.8 Å². The Morgan fingerprint density at radius 3 is 2.57 bits per heavy atom. The molecule has 0 unspecified atom stereocenters. The van der Waals surface area contributed by atoms with Crippen LogP contribution >= 0.6 is 0 Å². The summed E-state index contributed by atoms with van der Waals surface area (Å²) in [5.41, 5.74) is 0.811. The molecule has 10 heteroatoms. The first kappa shape index (κ1) is 20.7. The Balaban J connectivity index is 1.54. The molecule has 1 atom stereocenters. The number of aromatic amines is 1. The Hall–Kier alpha value is -2.59. The highest BCUT2D eigenvalue weighted by molar-refractivity contribution is 7.88. The number of rotatable bonds is 4. The molecule has 1 amide bonds. The summed E-state index contributed by atoms with van der Waals surface area (Å²) in [5.74, 6) is 0.272. The first-order valence-electron chi connectivity index (χ1n) is 10.1. The van der Waals surface area contributed by atoms with E-state index in [1.165, 1.54) is 16.6 Å². The van der Waals surface area contributed by atoms with Crippen LogP contribution in [0.3, 0.4) is 0 Å². The van der Waals surface area contributed by atoms with Gasteiger partial charge in [-0.1, -0.05) is 6.07 Å². The summed E-state index contributed by atoms with van der Waals surface area (Å²) in [6, 6.07) is 6.54. The molecule has 0 radical (unpaired) electrons. The molecule has 0 spiro atoms. The van der Waals surface area contributed by atoms with Gasteiger partial charge in [-0.15, -0.1) is 0 Å². The number of pyridine rings is 1. The molecule has 2 aromatic heterocycles. The number of hydrogen-bond donors (Lipinski definition) is 1. The van der Waals surface area contributed by atoms with Crippen LogP contribution in [0.5, 0.6) is 0 Å². The van der Waals surface area contributed by atoms with E-state index < -0.39 is 10.0 Å². The zero-order valence-corrected chi connectivity index (χ0v) is 17.6. The van der Waals surface area contributed by atoms with E-state index in [-0.39, 0.29) is 23.4 Å². The van der Waals surface area contributed by atoms with Crippen LogP contribution in [0.15, 0.2) is 35.3 Å². The average Bonchev–Trinajstić information content (AvgIpc) is 3.23. The summed E-state index contributed by atoms with van der Waals surface area (Å²) >= 11 is 0. The number of aromatic nitrogens is 3. The van der Waals surface area contributed by atoms with Crippen LogP contribution in [0.1, 0.15) is 37.5 Å². The van der Waals surface area contributed by atoms with Gasteiger partial charge in [-0.2, -0.15) is 0 Å². The first-order chi connectivity index (χ1) is 14.3. The lowest BCUT2D eigenvalue weighted by atomic mass is 9.96. The van der Waals surface area contributed by atoms with Crippen LogP contribution < -0.4 is 5.56 Å². The van der Waals surface area contributed by atoms with Crippen LogP contribution in [-0.4, -0.2) is 64.4 Å². The van der Waals surface area contributed by atoms with Gasteiger partial charge in [0.05, 0.1) is 23.7 Å². The van der Waals surface area contributed by atoms with E-state index in [1.54, 1.807) is 23.2 Å². The lowest BCUT2D eigenvalue weighted by Crippen LogP contribution is -2.44. The van der Waals surface area contributed by atoms with Gasteiger partial charge in [0.15, 0.2) is 0 Å². The van der Waals surface area contributed by atoms with Crippen LogP contribution in [0.25, 0.3) is 11.4 Å². The topological polar surface area (TPSA) is 116 Å². The Bertz CT molecular complexity index is 1080. The zero-order chi connectivity index (χ0) is 21.3. The van der Waals surface area contributed by atoms with E-state index in [0.717, 1.165) is 12.8 Å². The second-order valence-electron chi connectivity index (χ2n) is 7.86. The minimum atomic E-state index is -3.23. The molecule has 4 heterocycles. The van der Waals surface area contributed by atoms with Crippen molar-refractivity contribution in [2.75, 3.05) is 25.9 Å². The van der Waals surface area contributed by atoms with Gasteiger partial charge in [-0.05, 0) is 37.8 Å². The number of carbonyl (C=O) groups excluding carboxylic acids is 1. The van der Waals surface area contributed by atoms with E-state index in [0.29, 0.717) is 49.7 Å². The monoisotopic (exact) mass is 431 g/mol. The molecule has 0 aliphatic carbocycles. The van der Waals surface area contributed by atoms with Gasteiger partial charge in [-0.25, -0.2) is 17.7 Å². The molecule has 9 nitrogen and oxygen atoms in total. The highest BCUT2D eigenvalue weighted by Gasteiger charge is 2.37. The minimum absolute atomic E-state index is 0.0107. The third kappa shape index (κ3) is 4.29. The van der Waals surface area contributed by atoms with E-state index >= 15 is 0 Å². The van der Waals surface area contributed by atoms with Gasteiger partial charge < -0.3 is 9.88 Å². The van der Waals surface area contributed by atoms with Crippen LogP contribution in [0.2, 0.25) is 0 Å². The molecule has 1 N–H and O–H groups in total. The van der Waals surface area contributed by atoms with Crippen molar-refractivity contribution in [3.05, 3.63) is 46.6 Å². The fraction of sp³-hybridized carbons (Fsp3) is 0.500. The molecule has 0 saturated carbocycles. The molecule has 0 aromatic carbocycles. The standard InChI is InChI=1S/C20H25N5O4S/c1-30(28,29)24-11-7-14(8-12-24)20(27)25-10-4-6-17(25)19-22-16(13-18(26)23-19)15-5-2-3-9-21-15/h2-3,5,9,13-14,17H,4,6-8,10-12H2,1H3,(H,22,23,26)/t17-/m0/s1. The molecule has 2 aliphatic heterocycles. The predicted octanol–water partition coefficient (Wildman–Crippen LogP) is 1.17. The molecule has 30 heavy (non-hydrogen) atoms. The van der Waals surface area contributed by atoms with Gasteiger partial charge in [0.2, 0.25) is 15.9 Å². The molecule has 4 rings (SSSR count). The van der Waals surface area contributed by atoms with Gasteiger partial charge in [0.25, 0.3) is 5.56 Å². The third-order valence-electron chi connectivity index (χ3n) is 5.81. The maximum atomic E-state index is 13.2. The fourth-order valence-electron chi connectivity index (χ4n) is 4.26. The molecule has 0 bridgehead atoms. The van der Waals surface area contributed by atoms with Crippen molar-refractivity contribution in [2.45, 2.75) is 31.7 Å². The number of likely N-dealkylation sites (tertiary alicyclic amines) is 1. The van der Waals surface area contributed by atoms with Gasteiger partial charge >= 0.3 is 0 Å². The Labute approximate surface area is 175 Å². The number of piperidine rings is 1. The maximum Gasteiger partial charge on any atom is 0.251 e. The minimum Gasteiger partial charge on any atom is -0.332 e. The van der Waals surface area contributed by atoms with Crippen molar-refractivity contribution in [2.24, 2.45) is 5.92 Å². The quantitative estimate of drug-likeness (QED) is 0.777. The summed E-state index contributed by atoms with van der Waals surface area (Å²) in [6.45, 7) is 1.32. The van der Waals surface area contributed by atoms with Crippen LogP contribution in [0, 0.1) is 5.92 Å². The van der Waals surface area contributed by atoms with E-state index in [1.807, 2.05) is 6.07 Å². The van der Waals surface area contributed by atoms with Crippen molar-refractivity contribution in [1.29, 1.82) is 0 Å². The van der Waals surface area contributed by atoms with Crippen molar-refractivity contribution in [1.82, 2.24) is 24.2 Å². The lowest BCUT2D eigenvalue weighted by Gasteiger charge is -2.33. The molecule has 2 saturated heterocycles. The smallest absolute Gasteiger partial charge is 0.251 e. The number of H-pyrrole nitrogens is 1. The van der Waals surface area contributed by atoms with E-state index in [2.05, 4.69) is 15.0 Å². The number of sulfonamides is 1. The van der Waals surface area contributed by atoms with Crippen molar-refractivity contribution in [3.8, 4) is 11.4 Å². The molecule has 2 aromatic rings. The summed E-state index contributed by atoms with van der Waals surface area (Å²) in [7, 11) is -3.23. The lowest BCUT2D eigenvalue weighted by molar-refractivity contribution is -0.137. The van der Waals surface area contributed by atoms with E-state index in [9.17, 15) is 18.0 Å². The second-order valence-corrected chi connectivity index (χ2v) is 9.84. The molecular formula is C20H25N5O4S. The third-order valence-corrected chi connectivity index (χ3v) is 7.11. The molecule has 2 aliphatic rings. The number of carbonyl (C=O) groups is 1. The summed E-state index contributed by atoms with van der Waals surface area (Å²) in [5, 5.41) is 0. The van der Waals surface area contributed by atoms with Gasteiger partial charge in [0.1, 0.15) is 5.82 Å². The first-order valence-corrected chi connectivity index (χ1v) is 12.0. The normalized spacial score (nSPS) is 21.1. The van der Waals surface area contributed by atoms with E-state index in [4.69, 9.17) is 0 Å². The number of nitrogens with one attached hydrogen (secondary N) is 1. The van der Waals surface area contributed by atoms with Crippen molar-refractivity contribution >= 4 is 15.9 Å². The fourth-order valence-corrected chi connectivity index (χ4v) is 5.14. The average molecular weight is 432 g/mol. The predicted molar refractivity (Wildman–Crippen MR) is 111 cm³/mol. The molecule has 2 fully saturated rings. The molecular weight excluding hydrogens is 406 g/mol. The van der Waals surface area contributed by atoms with Crippen molar-refractivity contribution < 1.29 is 13.2 Å². The maximum absolute atomic E-state index is 13.2. The highest BCUT2D eigenvalue weighted by atomic mass is 32.2. The SMILES string of the molecule is CS(=O)(=O)N1CCC(C(=O)N2CCC[C@H]2c2nc(-c3ccccn3)cc(=O)[nH]2)CC1. The highest BCUT2D eigenvalue weighted by Crippen LogP contribution is 2.33. The number of nitrogens with zero attached hydrogens (tertiary/aromatic N) is 4. The number of hydrogen-bond acceptors (Lipinski definition) is 6. The van der Waals surface area contributed by atoms with Gasteiger partial charge in [-0.3, -0.25) is 14.6 Å². The summed E-state index contributed by atoms with van der Waals surface area (Å²) in [6.07, 6.45) is 5.41. The second kappa shape index (κ2) is 8.27.